The van der Waals surface area contributed by atoms with Gasteiger partial charge in [-0.1, -0.05) is 6.07 Å². The quantitative estimate of drug-likeness (QED) is 0.855. The molecular formula is C11H16N2O2S. The van der Waals surface area contributed by atoms with Crippen molar-refractivity contribution in [3.05, 3.63) is 24.3 Å². The number of nitrogens with one attached hydrogen (secondary N) is 1. The van der Waals surface area contributed by atoms with E-state index in [0.717, 1.165) is 24.2 Å². The number of hydrogen-bond donors (Lipinski definition) is 1. The molecule has 0 atom stereocenters. The Labute approximate surface area is 96.3 Å². The van der Waals surface area contributed by atoms with E-state index in [1.165, 1.54) is 4.31 Å². The van der Waals surface area contributed by atoms with Crippen molar-refractivity contribution in [1.29, 1.82) is 0 Å². The average Bonchev–Trinajstić information content (AvgIpc) is 2.28. The van der Waals surface area contributed by atoms with Gasteiger partial charge < -0.3 is 5.32 Å². The lowest BCUT2D eigenvalue weighted by atomic mass is 10.2. The fourth-order valence-corrected chi connectivity index (χ4v) is 3.53. The van der Waals surface area contributed by atoms with Crippen LogP contribution in [0, 0.1) is 0 Å². The second-order valence-electron chi connectivity index (χ2n) is 3.90. The lowest BCUT2D eigenvalue weighted by molar-refractivity contribution is 0.574. The Morgan fingerprint density at radius 3 is 2.81 bits per heavy atom. The number of anilines is 2. The zero-order valence-corrected chi connectivity index (χ0v) is 10.1. The summed E-state index contributed by atoms with van der Waals surface area (Å²) in [6, 6.07) is 7.48. The topological polar surface area (TPSA) is 49.4 Å². The third-order valence-corrected chi connectivity index (χ3v) is 4.64. The summed E-state index contributed by atoms with van der Waals surface area (Å²) in [5.74, 6) is 0.261. The fraction of sp³-hybridized carbons (Fsp3) is 0.455. The number of hydrogen-bond acceptors (Lipinski definition) is 3. The summed E-state index contributed by atoms with van der Waals surface area (Å²) in [5, 5.41) is 3.01. The predicted octanol–water partition coefficient (Wildman–Crippen LogP) is 1.66. The van der Waals surface area contributed by atoms with E-state index in [9.17, 15) is 8.42 Å². The second kappa shape index (κ2) is 4.33. The van der Waals surface area contributed by atoms with Crippen molar-refractivity contribution in [3.63, 3.8) is 0 Å². The molecule has 0 unspecified atom stereocenters. The van der Waals surface area contributed by atoms with Gasteiger partial charge in [0.1, 0.15) is 0 Å². The first kappa shape index (κ1) is 11.3. The number of sulfonamides is 1. The zero-order valence-electron chi connectivity index (χ0n) is 9.31. The van der Waals surface area contributed by atoms with Gasteiger partial charge >= 0.3 is 0 Å². The molecule has 1 fully saturated rings. The van der Waals surface area contributed by atoms with Gasteiger partial charge in [0.05, 0.1) is 11.4 Å². The molecule has 1 heterocycles. The van der Waals surface area contributed by atoms with E-state index in [-0.39, 0.29) is 5.75 Å². The van der Waals surface area contributed by atoms with Crippen molar-refractivity contribution >= 4 is 21.4 Å². The van der Waals surface area contributed by atoms with Gasteiger partial charge in [0.2, 0.25) is 10.0 Å². The van der Waals surface area contributed by atoms with Crippen LogP contribution in [0.3, 0.4) is 0 Å². The molecule has 88 valence electrons. The van der Waals surface area contributed by atoms with Gasteiger partial charge in [-0.25, -0.2) is 8.42 Å². The summed E-state index contributed by atoms with van der Waals surface area (Å²) in [6.45, 7) is 0.593. The molecule has 0 spiro atoms. The molecule has 1 saturated heterocycles. The molecule has 1 N–H and O–H groups in total. The fourth-order valence-electron chi connectivity index (χ4n) is 1.90. The first-order valence-corrected chi connectivity index (χ1v) is 7.02. The van der Waals surface area contributed by atoms with Crippen molar-refractivity contribution in [2.75, 3.05) is 29.0 Å². The van der Waals surface area contributed by atoms with E-state index in [1.54, 1.807) is 0 Å². The zero-order chi connectivity index (χ0) is 11.6. The summed E-state index contributed by atoms with van der Waals surface area (Å²) in [7, 11) is -1.27. The van der Waals surface area contributed by atoms with Gasteiger partial charge in [0.25, 0.3) is 0 Å². The summed E-state index contributed by atoms with van der Waals surface area (Å²) >= 11 is 0. The minimum absolute atomic E-state index is 0.261. The molecular weight excluding hydrogens is 224 g/mol. The highest BCUT2D eigenvalue weighted by Gasteiger charge is 2.25. The van der Waals surface area contributed by atoms with E-state index in [0.29, 0.717) is 6.54 Å². The van der Waals surface area contributed by atoms with Crippen LogP contribution in [0.4, 0.5) is 11.4 Å². The normalized spacial score (nSPS) is 19.4. The number of rotatable bonds is 2. The molecule has 1 aliphatic heterocycles. The van der Waals surface area contributed by atoms with Crippen molar-refractivity contribution < 1.29 is 8.42 Å². The van der Waals surface area contributed by atoms with Crippen LogP contribution in [0.2, 0.25) is 0 Å². The van der Waals surface area contributed by atoms with Crippen LogP contribution in [-0.4, -0.2) is 27.8 Å². The van der Waals surface area contributed by atoms with Gasteiger partial charge in [0, 0.05) is 19.3 Å². The standard InChI is InChI=1S/C11H16N2O2S/c1-12-10-5-4-6-11(9-10)13-7-2-3-8-16(13,14)15/h4-6,9,12H,2-3,7-8H2,1H3. The third-order valence-electron chi connectivity index (χ3n) is 2.77. The minimum Gasteiger partial charge on any atom is -0.388 e. The SMILES string of the molecule is CNc1cccc(N2CCCCS2(=O)=O)c1. The molecule has 0 amide bonds. The molecule has 5 heteroatoms. The second-order valence-corrected chi connectivity index (χ2v) is 5.91. The van der Waals surface area contributed by atoms with Crippen LogP contribution >= 0.6 is 0 Å². The Hall–Kier alpha value is -1.23. The number of benzene rings is 1. The highest BCUT2D eigenvalue weighted by molar-refractivity contribution is 7.92. The maximum atomic E-state index is 11.9. The molecule has 1 aromatic rings. The summed E-state index contributed by atoms with van der Waals surface area (Å²) in [6.07, 6.45) is 1.70. The lowest BCUT2D eigenvalue weighted by Crippen LogP contribution is -2.37. The van der Waals surface area contributed by atoms with E-state index in [1.807, 2.05) is 31.3 Å². The van der Waals surface area contributed by atoms with E-state index in [2.05, 4.69) is 5.32 Å². The Morgan fingerprint density at radius 2 is 2.12 bits per heavy atom. The minimum atomic E-state index is -3.10. The van der Waals surface area contributed by atoms with Crippen molar-refractivity contribution in [3.8, 4) is 0 Å². The molecule has 0 radical (unpaired) electrons. The van der Waals surface area contributed by atoms with Crippen molar-refractivity contribution in [1.82, 2.24) is 0 Å². The van der Waals surface area contributed by atoms with Gasteiger partial charge in [-0.15, -0.1) is 0 Å². The summed E-state index contributed by atoms with van der Waals surface area (Å²) < 4.78 is 25.3. The van der Waals surface area contributed by atoms with E-state index < -0.39 is 10.0 Å². The Kier molecular flexibility index (Phi) is 3.05. The Balaban J connectivity index is 2.35. The van der Waals surface area contributed by atoms with E-state index >= 15 is 0 Å². The molecule has 0 bridgehead atoms. The first-order valence-electron chi connectivity index (χ1n) is 5.42. The largest absolute Gasteiger partial charge is 0.388 e. The first-order chi connectivity index (χ1) is 7.63. The summed E-state index contributed by atoms with van der Waals surface area (Å²) in [4.78, 5) is 0. The van der Waals surface area contributed by atoms with Crippen LogP contribution in [0.15, 0.2) is 24.3 Å². The summed E-state index contributed by atoms with van der Waals surface area (Å²) in [5.41, 5.74) is 1.69. The maximum absolute atomic E-state index is 11.9. The molecule has 16 heavy (non-hydrogen) atoms. The monoisotopic (exact) mass is 240 g/mol. The average molecular weight is 240 g/mol. The van der Waals surface area contributed by atoms with Crippen LogP contribution in [0.25, 0.3) is 0 Å². The number of nitrogens with zero attached hydrogens (tertiary/aromatic N) is 1. The van der Waals surface area contributed by atoms with Crippen molar-refractivity contribution in [2.24, 2.45) is 0 Å². The Morgan fingerprint density at radius 1 is 1.31 bits per heavy atom. The lowest BCUT2D eigenvalue weighted by Gasteiger charge is -2.28. The molecule has 2 rings (SSSR count). The van der Waals surface area contributed by atoms with Crippen LogP contribution in [-0.2, 0) is 10.0 Å². The van der Waals surface area contributed by atoms with Gasteiger partial charge in [0.15, 0.2) is 0 Å². The van der Waals surface area contributed by atoms with Crippen LogP contribution in [0.5, 0.6) is 0 Å². The van der Waals surface area contributed by atoms with Crippen LogP contribution in [0.1, 0.15) is 12.8 Å². The van der Waals surface area contributed by atoms with Gasteiger partial charge in [-0.05, 0) is 31.0 Å². The highest BCUT2D eigenvalue weighted by Crippen LogP contribution is 2.25. The third kappa shape index (κ3) is 2.14. The van der Waals surface area contributed by atoms with Gasteiger partial charge in [-0.3, -0.25) is 4.31 Å². The molecule has 0 saturated carbocycles. The molecule has 0 aliphatic carbocycles. The highest BCUT2D eigenvalue weighted by atomic mass is 32.2. The molecule has 0 aromatic heterocycles. The smallest absolute Gasteiger partial charge is 0.235 e. The van der Waals surface area contributed by atoms with Crippen molar-refractivity contribution in [2.45, 2.75) is 12.8 Å². The van der Waals surface area contributed by atoms with Gasteiger partial charge in [-0.2, -0.15) is 0 Å². The molecule has 1 aromatic carbocycles. The van der Waals surface area contributed by atoms with E-state index in [4.69, 9.17) is 0 Å². The Bertz CT molecular complexity index is 471. The van der Waals surface area contributed by atoms with Crippen LogP contribution < -0.4 is 9.62 Å². The predicted molar refractivity (Wildman–Crippen MR) is 66.4 cm³/mol. The molecule has 1 aliphatic rings. The maximum Gasteiger partial charge on any atom is 0.235 e. The molecule has 4 nitrogen and oxygen atoms in total.